The Balaban J connectivity index is 1.43. The third-order valence-corrected chi connectivity index (χ3v) is 5.13. The van der Waals surface area contributed by atoms with Crippen LogP contribution in [-0.2, 0) is 11.3 Å². The maximum Gasteiger partial charge on any atom is 0.272 e. The van der Waals surface area contributed by atoms with Gasteiger partial charge in [0, 0.05) is 30.9 Å². The van der Waals surface area contributed by atoms with E-state index < -0.39 is 0 Å². The molecule has 0 bridgehead atoms. The first-order chi connectivity index (χ1) is 14.6. The number of ether oxygens (including phenoxy) is 2. The van der Waals surface area contributed by atoms with Crippen LogP contribution < -0.4 is 10.1 Å². The predicted molar refractivity (Wildman–Crippen MR) is 109 cm³/mol. The van der Waals surface area contributed by atoms with E-state index in [2.05, 4.69) is 20.7 Å². The van der Waals surface area contributed by atoms with Crippen molar-refractivity contribution in [3.8, 4) is 17.1 Å². The largest absolute Gasteiger partial charge is 0.471 e. The molecule has 1 amide bonds. The maximum absolute atomic E-state index is 12.5. The molecule has 2 aromatic heterocycles. The summed E-state index contributed by atoms with van der Waals surface area (Å²) in [4.78, 5) is 12.5. The lowest BCUT2D eigenvalue weighted by molar-refractivity contribution is 0.0693. The number of amides is 1. The number of rotatable bonds is 6. The summed E-state index contributed by atoms with van der Waals surface area (Å²) in [6.07, 6.45) is 1.61. The number of carbonyl (C=O) groups excluding carboxylic acids is 1. The molecular formula is C22H24N4O4. The Labute approximate surface area is 174 Å². The summed E-state index contributed by atoms with van der Waals surface area (Å²) >= 11 is 0. The van der Waals surface area contributed by atoms with Crippen LogP contribution in [-0.4, -0.2) is 40.5 Å². The molecule has 0 unspecified atom stereocenters. The Morgan fingerprint density at radius 2 is 1.93 bits per heavy atom. The van der Waals surface area contributed by atoms with Gasteiger partial charge in [-0.25, -0.2) is 0 Å². The van der Waals surface area contributed by atoms with Crippen LogP contribution in [0.3, 0.4) is 0 Å². The van der Waals surface area contributed by atoms with Crippen molar-refractivity contribution in [2.75, 3.05) is 13.2 Å². The normalized spacial score (nSPS) is 14.5. The Kier molecular flexibility index (Phi) is 6.04. The number of aromatic nitrogens is 3. The van der Waals surface area contributed by atoms with Gasteiger partial charge in [0.2, 0.25) is 5.88 Å². The standard InChI is InChI=1S/C22H24N4O4/c1-14-12-19(24-25-20(14)22(27)23-17-8-10-28-11-9-17)29-13-18-15(2)30-26-21(18)16-6-4-3-5-7-16/h3-7,12,17H,8-11,13H2,1-2H3,(H,23,27). The molecule has 0 atom stereocenters. The smallest absolute Gasteiger partial charge is 0.272 e. The first kappa shape index (κ1) is 20.0. The fourth-order valence-electron chi connectivity index (χ4n) is 3.38. The van der Waals surface area contributed by atoms with Gasteiger partial charge >= 0.3 is 0 Å². The molecule has 8 nitrogen and oxygen atoms in total. The van der Waals surface area contributed by atoms with E-state index in [0.29, 0.717) is 36.1 Å². The highest BCUT2D eigenvalue weighted by molar-refractivity contribution is 5.93. The molecule has 1 aliphatic rings. The second-order valence-corrected chi connectivity index (χ2v) is 7.29. The van der Waals surface area contributed by atoms with Gasteiger partial charge in [0.1, 0.15) is 18.1 Å². The van der Waals surface area contributed by atoms with Crippen molar-refractivity contribution < 1.29 is 18.8 Å². The Bertz CT molecular complexity index is 1010. The minimum atomic E-state index is -0.223. The topological polar surface area (TPSA) is 99.4 Å². The predicted octanol–water partition coefficient (Wildman–Crippen LogP) is 3.24. The Morgan fingerprint density at radius 1 is 1.17 bits per heavy atom. The summed E-state index contributed by atoms with van der Waals surface area (Å²) in [6.45, 7) is 5.23. The maximum atomic E-state index is 12.5. The number of aryl methyl sites for hydroxylation is 2. The quantitative estimate of drug-likeness (QED) is 0.668. The van der Waals surface area contributed by atoms with Crippen molar-refractivity contribution in [1.29, 1.82) is 0 Å². The molecule has 0 saturated carbocycles. The van der Waals surface area contributed by atoms with E-state index in [1.54, 1.807) is 6.07 Å². The van der Waals surface area contributed by atoms with Gasteiger partial charge in [-0.3, -0.25) is 4.79 Å². The molecule has 1 fully saturated rings. The highest BCUT2D eigenvalue weighted by Gasteiger charge is 2.20. The molecular weight excluding hydrogens is 384 g/mol. The molecule has 1 aromatic carbocycles. The number of benzene rings is 1. The lowest BCUT2D eigenvalue weighted by Crippen LogP contribution is -2.39. The van der Waals surface area contributed by atoms with Crippen LogP contribution in [0.1, 0.15) is 40.2 Å². The minimum Gasteiger partial charge on any atom is -0.471 e. The van der Waals surface area contributed by atoms with E-state index in [-0.39, 0.29) is 18.6 Å². The fraction of sp³-hybridized carbons (Fsp3) is 0.364. The van der Waals surface area contributed by atoms with Gasteiger partial charge < -0.3 is 19.3 Å². The summed E-state index contributed by atoms with van der Waals surface area (Å²) in [5.41, 5.74) is 3.55. The molecule has 3 heterocycles. The van der Waals surface area contributed by atoms with Crippen molar-refractivity contribution in [3.05, 3.63) is 59.0 Å². The fourth-order valence-corrected chi connectivity index (χ4v) is 3.38. The van der Waals surface area contributed by atoms with E-state index in [0.717, 1.165) is 29.7 Å². The van der Waals surface area contributed by atoms with Crippen LogP contribution in [0.15, 0.2) is 40.9 Å². The molecule has 30 heavy (non-hydrogen) atoms. The van der Waals surface area contributed by atoms with E-state index >= 15 is 0 Å². The molecule has 4 rings (SSSR count). The monoisotopic (exact) mass is 408 g/mol. The van der Waals surface area contributed by atoms with Crippen LogP contribution in [0, 0.1) is 13.8 Å². The van der Waals surface area contributed by atoms with Crippen LogP contribution in [0.25, 0.3) is 11.3 Å². The lowest BCUT2D eigenvalue weighted by Gasteiger charge is -2.23. The molecule has 8 heteroatoms. The highest BCUT2D eigenvalue weighted by Crippen LogP contribution is 2.26. The molecule has 1 saturated heterocycles. The third kappa shape index (κ3) is 4.49. The molecule has 3 aromatic rings. The zero-order chi connectivity index (χ0) is 20.9. The van der Waals surface area contributed by atoms with Crippen LogP contribution in [0.4, 0.5) is 0 Å². The Morgan fingerprint density at radius 3 is 2.67 bits per heavy atom. The van der Waals surface area contributed by atoms with Gasteiger partial charge in [-0.2, -0.15) is 0 Å². The van der Waals surface area contributed by atoms with E-state index in [4.69, 9.17) is 14.0 Å². The number of hydrogen-bond acceptors (Lipinski definition) is 7. The third-order valence-electron chi connectivity index (χ3n) is 5.13. The molecule has 0 aliphatic carbocycles. The first-order valence-electron chi connectivity index (χ1n) is 9.98. The summed E-state index contributed by atoms with van der Waals surface area (Å²) in [6, 6.07) is 11.6. The Hall–Kier alpha value is -3.26. The van der Waals surface area contributed by atoms with Crippen molar-refractivity contribution in [2.24, 2.45) is 0 Å². The van der Waals surface area contributed by atoms with Gasteiger partial charge in [-0.15, -0.1) is 10.2 Å². The summed E-state index contributed by atoms with van der Waals surface area (Å²) < 4.78 is 16.5. The molecule has 0 radical (unpaired) electrons. The number of nitrogens with zero attached hydrogens (tertiary/aromatic N) is 3. The zero-order valence-corrected chi connectivity index (χ0v) is 17.1. The van der Waals surface area contributed by atoms with E-state index in [1.165, 1.54) is 0 Å². The van der Waals surface area contributed by atoms with Crippen molar-refractivity contribution in [1.82, 2.24) is 20.7 Å². The van der Waals surface area contributed by atoms with Gasteiger partial charge in [-0.1, -0.05) is 35.5 Å². The average Bonchev–Trinajstić information content (AvgIpc) is 3.14. The second-order valence-electron chi connectivity index (χ2n) is 7.29. The van der Waals surface area contributed by atoms with Gasteiger partial charge in [0.05, 0.1) is 5.56 Å². The molecule has 1 aliphatic heterocycles. The van der Waals surface area contributed by atoms with Crippen LogP contribution in [0.2, 0.25) is 0 Å². The SMILES string of the molecule is Cc1cc(OCc2c(-c3ccccc3)noc2C)nnc1C(=O)NC1CCOCC1. The lowest BCUT2D eigenvalue weighted by atomic mass is 10.1. The first-order valence-corrected chi connectivity index (χ1v) is 9.98. The summed E-state index contributed by atoms with van der Waals surface area (Å²) in [7, 11) is 0. The molecule has 156 valence electrons. The number of hydrogen-bond donors (Lipinski definition) is 1. The minimum absolute atomic E-state index is 0.108. The van der Waals surface area contributed by atoms with Crippen molar-refractivity contribution >= 4 is 5.91 Å². The van der Waals surface area contributed by atoms with Gasteiger partial charge in [0.25, 0.3) is 5.91 Å². The molecule has 1 N–H and O–H groups in total. The van der Waals surface area contributed by atoms with E-state index in [1.807, 2.05) is 44.2 Å². The van der Waals surface area contributed by atoms with Gasteiger partial charge in [0.15, 0.2) is 5.69 Å². The van der Waals surface area contributed by atoms with Crippen molar-refractivity contribution in [3.63, 3.8) is 0 Å². The van der Waals surface area contributed by atoms with Crippen LogP contribution >= 0.6 is 0 Å². The van der Waals surface area contributed by atoms with E-state index in [9.17, 15) is 4.79 Å². The van der Waals surface area contributed by atoms with Gasteiger partial charge in [-0.05, 0) is 32.3 Å². The van der Waals surface area contributed by atoms with Crippen LogP contribution in [0.5, 0.6) is 5.88 Å². The summed E-state index contributed by atoms with van der Waals surface area (Å²) in [5, 5.41) is 15.3. The summed E-state index contributed by atoms with van der Waals surface area (Å²) in [5.74, 6) is 0.806. The highest BCUT2D eigenvalue weighted by atomic mass is 16.5. The van der Waals surface area contributed by atoms with Crippen molar-refractivity contribution in [2.45, 2.75) is 39.3 Å². The number of nitrogens with one attached hydrogen (secondary N) is 1. The zero-order valence-electron chi connectivity index (χ0n) is 17.1. The second kappa shape index (κ2) is 9.04. The molecule has 0 spiro atoms. The number of carbonyl (C=O) groups is 1. The average molecular weight is 408 g/mol.